The maximum Gasteiger partial charge on any atom is 0.162 e. The number of fused-ring (bicyclic) bond motifs is 1. The summed E-state index contributed by atoms with van der Waals surface area (Å²) in [5.74, 6) is 2.10. The second kappa shape index (κ2) is 6.20. The number of rotatable bonds is 5. The Morgan fingerprint density at radius 2 is 2.06 bits per heavy atom. The van der Waals surface area contributed by atoms with Gasteiger partial charge in [0, 0.05) is 22.8 Å². The maximum atomic E-state index is 12.1. The summed E-state index contributed by atoms with van der Waals surface area (Å²) >= 11 is 0. The molecule has 100 valence electrons. The molecule has 0 aliphatic carbocycles. The maximum absolute atomic E-state index is 12.1. The van der Waals surface area contributed by atoms with Gasteiger partial charge in [0.05, 0.1) is 10.8 Å². The van der Waals surface area contributed by atoms with Crippen molar-refractivity contribution < 1.29 is 13.7 Å². The Balaban J connectivity index is 2.02. The van der Waals surface area contributed by atoms with E-state index in [-0.39, 0.29) is 0 Å². The topological polar surface area (TPSA) is 47.6 Å². The van der Waals surface area contributed by atoms with Crippen molar-refractivity contribution in [1.82, 2.24) is 5.32 Å². The highest BCUT2D eigenvalue weighted by molar-refractivity contribution is 7.85. The highest BCUT2D eigenvalue weighted by atomic mass is 32.2. The summed E-state index contributed by atoms with van der Waals surface area (Å²) in [4.78, 5) is 0.808. The van der Waals surface area contributed by atoms with Crippen LogP contribution >= 0.6 is 0 Å². The standard InChI is InChI=1S/C13H19NO3S/c1-10(14-2)5-8-18(15)11-3-4-12-13(9-11)17-7-6-16-12/h3-4,9-10,14H,5-8H2,1-2H3. The molecular weight excluding hydrogens is 250 g/mol. The van der Waals surface area contributed by atoms with Crippen molar-refractivity contribution >= 4 is 10.8 Å². The molecule has 1 aromatic rings. The number of hydrogen-bond donors (Lipinski definition) is 1. The molecule has 4 nitrogen and oxygen atoms in total. The SMILES string of the molecule is CNC(C)CCS(=O)c1ccc2c(c1)OCCO2. The monoisotopic (exact) mass is 269 g/mol. The number of ether oxygens (including phenoxy) is 2. The molecule has 18 heavy (non-hydrogen) atoms. The Labute approximate surface area is 110 Å². The van der Waals surface area contributed by atoms with Gasteiger partial charge in [-0.3, -0.25) is 4.21 Å². The summed E-state index contributed by atoms with van der Waals surface area (Å²) in [7, 11) is 0.935. The first-order valence-corrected chi connectivity index (χ1v) is 7.48. The van der Waals surface area contributed by atoms with Crippen LogP contribution in [0.15, 0.2) is 23.1 Å². The molecule has 0 fully saturated rings. The highest BCUT2D eigenvalue weighted by Crippen LogP contribution is 2.31. The van der Waals surface area contributed by atoms with Gasteiger partial charge in [0.1, 0.15) is 13.2 Å². The van der Waals surface area contributed by atoms with E-state index in [1.807, 2.05) is 25.2 Å². The van der Waals surface area contributed by atoms with E-state index in [4.69, 9.17) is 9.47 Å². The summed E-state index contributed by atoms with van der Waals surface area (Å²) < 4.78 is 23.1. The molecule has 0 spiro atoms. The van der Waals surface area contributed by atoms with Crippen molar-refractivity contribution in [2.45, 2.75) is 24.3 Å². The van der Waals surface area contributed by atoms with E-state index in [0.29, 0.717) is 30.8 Å². The molecule has 1 aliphatic rings. The third-order valence-electron chi connectivity index (χ3n) is 3.01. The Bertz CT molecular complexity index is 436. The number of benzene rings is 1. The second-order valence-corrected chi connectivity index (χ2v) is 5.90. The molecule has 0 saturated carbocycles. The molecule has 0 saturated heterocycles. The van der Waals surface area contributed by atoms with E-state index in [1.165, 1.54) is 0 Å². The first-order chi connectivity index (χ1) is 8.70. The van der Waals surface area contributed by atoms with Gasteiger partial charge < -0.3 is 14.8 Å². The molecule has 1 aliphatic heterocycles. The molecule has 2 atom stereocenters. The lowest BCUT2D eigenvalue weighted by Crippen LogP contribution is -2.23. The fraction of sp³-hybridized carbons (Fsp3) is 0.538. The van der Waals surface area contributed by atoms with Crippen LogP contribution in [0.3, 0.4) is 0 Å². The van der Waals surface area contributed by atoms with Gasteiger partial charge in [0.2, 0.25) is 0 Å². The fourth-order valence-corrected chi connectivity index (χ4v) is 2.97. The van der Waals surface area contributed by atoms with Gasteiger partial charge in [-0.1, -0.05) is 0 Å². The molecule has 2 rings (SSSR count). The lowest BCUT2D eigenvalue weighted by atomic mass is 10.3. The van der Waals surface area contributed by atoms with E-state index in [2.05, 4.69) is 12.2 Å². The summed E-state index contributed by atoms with van der Waals surface area (Å²) in [6.45, 7) is 3.22. The molecular formula is C13H19NO3S. The van der Waals surface area contributed by atoms with E-state index < -0.39 is 10.8 Å². The molecule has 1 N–H and O–H groups in total. The fourth-order valence-electron chi connectivity index (χ4n) is 1.71. The molecule has 1 heterocycles. The quantitative estimate of drug-likeness (QED) is 0.881. The summed E-state index contributed by atoms with van der Waals surface area (Å²) in [6.07, 6.45) is 0.886. The first-order valence-electron chi connectivity index (χ1n) is 6.16. The van der Waals surface area contributed by atoms with Crippen LogP contribution in [0.5, 0.6) is 11.5 Å². The molecule has 0 amide bonds. The van der Waals surface area contributed by atoms with Crippen LogP contribution in [-0.2, 0) is 10.8 Å². The Kier molecular flexibility index (Phi) is 4.60. The van der Waals surface area contributed by atoms with E-state index in [1.54, 1.807) is 0 Å². The zero-order valence-corrected chi connectivity index (χ0v) is 11.6. The van der Waals surface area contributed by atoms with Gasteiger partial charge in [-0.2, -0.15) is 0 Å². The molecule has 5 heteroatoms. The summed E-state index contributed by atoms with van der Waals surface area (Å²) in [6, 6.07) is 5.90. The third kappa shape index (κ3) is 3.23. The van der Waals surface area contributed by atoms with Crippen LogP contribution in [0, 0.1) is 0 Å². The zero-order chi connectivity index (χ0) is 13.0. The van der Waals surface area contributed by atoms with Crippen LogP contribution in [0.25, 0.3) is 0 Å². The minimum atomic E-state index is -0.979. The van der Waals surface area contributed by atoms with Gasteiger partial charge >= 0.3 is 0 Å². The number of hydrogen-bond acceptors (Lipinski definition) is 4. The molecule has 2 unspecified atom stereocenters. The molecule has 1 aromatic carbocycles. The highest BCUT2D eigenvalue weighted by Gasteiger charge is 2.14. The summed E-state index contributed by atoms with van der Waals surface area (Å²) in [5, 5.41) is 3.14. The van der Waals surface area contributed by atoms with Crippen LogP contribution < -0.4 is 14.8 Å². The normalized spacial score (nSPS) is 17.2. The first kappa shape index (κ1) is 13.4. The van der Waals surface area contributed by atoms with Crippen molar-refractivity contribution in [2.24, 2.45) is 0 Å². The predicted octanol–water partition coefficient (Wildman–Crippen LogP) is 1.56. The smallest absolute Gasteiger partial charge is 0.162 e. The van der Waals surface area contributed by atoms with Crippen LogP contribution in [-0.4, -0.2) is 36.3 Å². The molecule has 0 bridgehead atoms. The van der Waals surface area contributed by atoms with E-state index in [0.717, 1.165) is 17.1 Å². The van der Waals surface area contributed by atoms with Gasteiger partial charge in [0.15, 0.2) is 11.5 Å². The molecule has 0 aromatic heterocycles. The third-order valence-corrected chi connectivity index (χ3v) is 4.39. The lowest BCUT2D eigenvalue weighted by molar-refractivity contribution is 0.171. The van der Waals surface area contributed by atoms with Crippen LogP contribution in [0.4, 0.5) is 0 Å². The minimum absolute atomic E-state index is 0.381. The summed E-state index contributed by atoms with van der Waals surface area (Å²) in [5.41, 5.74) is 0. The zero-order valence-electron chi connectivity index (χ0n) is 10.8. The number of nitrogens with one attached hydrogen (secondary N) is 1. The van der Waals surface area contributed by atoms with Crippen molar-refractivity contribution in [1.29, 1.82) is 0 Å². The van der Waals surface area contributed by atoms with Crippen molar-refractivity contribution in [3.63, 3.8) is 0 Å². The molecule has 0 radical (unpaired) electrons. The van der Waals surface area contributed by atoms with Crippen LogP contribution in [0.1, 0.15) is 13.3 Å². The Hall–Kier alpha value is -1.07. The Morgan fingerprint density at radius 1 is 1.33 bits per heavy atom. The van der Waals surface area contributed by atoms with E-state index >= 15 is 0 Å². The Morgan fingerprint density at radius 3 is 2.78 bits per heavy atom. The van der Waals surface area contributed by atoms with Gasteiger partial charge in [-0.15, -0.1) is 0 Å². The van der Waals surface area contributed by atoms with Crippen LogP contribution in [0.2, 0.25) is 0 Å². The predicted molar refractivity (Wildman–Crippen MR) is 71.8 cm³/mol. The van der Waals surface area contributed by atoms with E-state index in [9.17, 15) is 4.21 Å². The average molecular weight is 269 g/mol. The lowest BCUT2D eigenvalue weighted by Gasteiger charge is -2.18. The van der Waals surface area contributed by atoms with Crippen molar-refractivity contribution in [3.05, 3.63) is 18.2 Å². The van der Waals surface area contributed by atoms with Crippen molar-refractivity contribution in [3.8, 4) is 11.5 Å². The van der Waals surface area contributed by atoms with Gasteiger partial charge in [0.25, 0.3) is 0 Å². The average Bonchev–Trinajstić information content (AvgIpc) is 2.43. The minimum Gasteiger partial charge on any atom is -0.486 e. The second-order valence-electron chi connectivity index (χ2n) is 4.33. The largest absolute Gasteiger partial charge is 0.486 e. The van der Waals surface area contributed by atoms with Crippen molar-refractivity contribution in [2.75, 3.05) is 26.0 Å². The van der Waals surface area contributed by atoms with Gasteiger partial charge in [-0.05, 0) is 32.5 Å². The van der Waals surface area contributed by atoms with Gasteiger partial charge in [-0.25, -0.2) is 0 Å².